The van der Waals surface area contributed by atoms with E-state index >= 15 is 0 Å². The lowest BCUT2D eigenvalue weighted by Crippen LogP contribution is -2.59. The largest absolute Gasteiger partial charge is 0.324 e. The van der Waals surface area contributed by atoms with Gasteiger partial charge in [0.1, 0.15) is 0 Å². The molecule has 1 heterocycles. The molecule has 2 unspecified atom stereocenters. The number of hydrogen-bond acceptors (Lipinski definition) is 3. The zero-order chi connectivity index (χ0) is 14.0. The summed E-state index contributed by atoms with van der Waals surface area (Å²) in [6.07, 6.45) is 7.06. The van der Waals surface area contributed by atoms with Gasteiger partial charge in [0.15, 0.2) is 0 Å². The molecular formula is C15H29N3O. The Morgan fingerprint density at radius 3 is 2.47 bits per heavy atom. The van der Waals surface area contributed by atoms with Gasteiger partial charge in [-0.25, -0.2) is 0 Å². The smallest absolute Gasteiger partial charge is 0.241 e. The van der Waals surface area contributed by atoms with Crippen LogP contribution in [0, 0.1) is 0 Å². The lowest BCUT2D eigenvalue weighted by Gasteiger charge is -2.50. The minimum atomic E-state index is 0.0378. The molecule has 2 rings (SSSR count). The van der Waals surface area contributed by atoms with Crippen LogP contribution < -0.4 is 5.32 Å². The Morgan fingerprint density at radius 2 is 2.05 bits per heavy atom. The Hall–Kier alpha value is -0.610. The summed E-state index contributed by atoms with van der Waals surface area (Å²) in [5.74, 6) is 0.314. The first-order chi connectivity index (χ1) is 9.04. The molecular weight excluding hydrogens is 238 g/mol. The number of amides is 1. The molecule has 1 saturated heterocycles. The Kier molecular flexibility index (Phi) is 4.51. The summed E-state index contributed by atoms with van der Waals surface area (Å²) in [7, 11) is 4.30. The Labute approximate surface area is 117 Å². The van der Waals surface area contributed by atoms with E-state index in [1.54, 1.807) is 0 Å². The molecule has 1 saturated carbocycles. The second kappa shape index (κ2) is 5.80. The summed E-state index contributed by atoms with van der Waals surface area (Å²) in [6, 6.07) is 0.0378. The third-order valence-corrected chi connectivity index (χ3v) is 5.02. The summed E-state index contributed by atoms with van der Waals surface area (Å²) in [6.45, 7) is 5.18. The fraction of sp³-hybridized carbons (Fsp3) is 0.933. The number of hydrogen-bond donors (Lipinski definition) is 1. The Morgan fingerprint density at radius 1 is 1.37 bits per heavy atom. The topological polar surface area (TPSA) is 35.6 Å². The van der Waals surface area contributed by atoms with Crippen molar-refractivity contribution in [3.8, 4) is 0 Å². The van der Waals surface area contributed by atoms with Crippen LogP contribution in [0.25, 0.3) is 0 Å². The number of likely N-dealkylation sites (N-methyl/N-ethyl adjacent to an activating group) is 1. The van der Waals surface area contributed by atoms with Crippen LogP contribution in [0.15, 0.2) is 0 Å². The SMILES string of the molecule is CCCC1NC(CC)C(=O)N1CC1(N(C)C)CCC1. The van der Waals surface area contributed by atoms with Gasteiger partial charge in [0, 0.05) is 12.1 Å². The third-order valence-electron chi connectivity index (χ3n) is 5.02. The zero-order valence-corrected chi connectivity index (χ0v) is 12.9. The molecule has 0 aromatic carbocycles. The first-order valence-corrected chi connectivity index (χ1v) is 7.78. The van der Waals surface area contributed by atoms with E-state index in [0.717, 1.165) is 25.8 Å². The van der Waals surface area contributed by atoms with Gasteiger partial charge in [0.2, 0.25) is 5.91 Å². The number of nitrogens with zero attached hydrogens (tertiary/aromatic N) is 2. The van der Waals surface area contributed by atoms with Crippen LogP contribution in [0.3, 0.4) is 0 Å². The van der Waals surface area contributed by atoms with Crippen molar-refractivity contribution >= 4 is 5.91 Å². The van der Waals surface area contributed by atoms with Crippen molar-refractivity contribution in [1.82, 2.24) is 15.1 Å². The molecule has 110 valence electrons. The highest BCUT2D eigenvalue weighted by Gasteiger charge is 2.46. The Balaban J connectivity index is 2.09. The molecule has 1 aliphatic heterocycles. The standard InChI is InChI=1S/C15H29N3O/c1-5-8-13-16-12(6-2)14(19)18(13)11-15(17(3)4)9-7-10-15/h12-13,16H,5-11H2,1-4H3. The van der Waals surface area contributed by atoms with E-state index in [-0.39, 0.29) is 17.7 Å². The first kappa shape index (κ1) is 14.8. The van der Waals surface area contributed by atoms with Gasteiger partial charge in [-0.1, -0.05) is 20.3 Å². The number of carbonyl (C=O) groups excluding carboxylic acids is 1. The fourth-order valence-electron chi connectivity index (χ4n) is 3.39. The van der Waals surface area contributed by atoms with E-state index in [4.69, 9.17) is 0 Å². The normalized spacial score (nSPS) is 29.9. The maximum absolute atomic E-state index is 12.5. The minimum absolute atomic E-state index is 0.0378. The molecule has 1 N–H and O–H groups in total. The lowest BCUT2D eigenvalue weighted by molar-refractivity contribution is -0.133. The molecule has 19 heavy (non-hydrogen) atoms. The van der Waals surface area contributed by atoms with Crippen molar-refractivity contribution in [1.29, 1.82) is 0 Å². The average Bonchev–Trinajstić information content (AvgIpc) is 2.61. The molecule has 2 atom stereocenters. The first-order valence-electron chi connectivity index (χ1n) is 7.78. The van der Waals surface area contributed by atoms with Crippen molar-refractivity contribution in [3.63, 3.8) is 0 Å². The van der Waals surface area contributed by atoms with E-state index in [9.17, 15) is 4.79 Å². The molecule has 0 aromatic rings. The average molecular weight is 267 g/mol. The van der Waals surface area contributed by atoms with Gasteiger partial charge in [-0.15, -0.1) is 0 Å². The second-order valence-electron chi connectivity index (χ2n) is 6.37. The van der Waals surface area contributed by atoms with E-state index in [0.29, 0.717) is 5.91 Å². The van der Waals surface area contributed by atoms with Crippen molar-refractivity contribution < 1.29 is 4.79 Å². The van der Waals surface area contributed by atoms with Crippen LogP contribution >= 0.6 is 0 Å². The van der Waals surface area contributed by atoms with Gasteiger partial charge < -0.3 is 9.80 Å². The second-order valence-corrected chi connectivity index (χ2v) is 6.37. The zero-order valence-electron chi connectivity index (χ0n) is 12.9. The third kappa shape index (κ3) is 2.65. The predicted molar refractivity (Wildman–Crippen MR) is 77.9 cm³/mol. The monoisotopic (exact) mass is 267 g/mol. The lowest BCUT2D eigenvalue weighted by atomic mass is 9.75. The molecule has 0 bridgehead atoms. The van der Waals surface area contributed by atoms with Gasteiger partial charge in [-0.05, 0) is 46.2 Å². The van der Waals surface area contributed by atoms with Crippen LogP contribution in [0.1, 0.15) is 52.4 Å². The quantitative estimate of drug-likeness (QED) is 0.797. The van der Waals surface area contributed by atoms with Crippen molar-refractivity contribution in [2.24, 2.45) is 0 Å². The van der Waals surface area contributed by atoms with Gasteiger partial charge >= 0.3 is 0 Å². The predicted octanol–water partition coefficient (Wildman–Crippen LogP) is 1.81. The van der Waals surface area contributed by atoms with Crippen molar-refractivity contribution in [3.05, 3.63) is 0 Å². The van der Waals surface area contributed by atoms with E-state index < -0.39 is 0 Å². The molecule has 1 amide bonds. The van der Waals surface area contributed by atoms with Gasteiger partial charge in [0.05, 0.1) is 12.2 Å². The Bertz CT molecular complexity index is 325. The molecule has 4 nitrogen and oxygen atoms in total. The highest BCUT2D eigenvalue weighted by Crippen LogP contribution is 2.38. The van der Waals surface area contributed by atoms with Crippen LogP contribution in [0.2, 0.25) is 0 Å². The van der Waals surface area contributed by atoms with Gasteiger partial charge in [-0.2, -0.15) is 0 Å². The number of carbonyl (C=O) groups is 1. The summed E-state index contributed by atoms with van der Waals surface area (Å²) in [4.78, 5) is 17.0. The molecule has 1 aliphatic carbocycles. The van der Waals surface area contributed by atoms with Crippen LogP contribution in [-0.2, 0) is 4.79 Å². The molecule has 4 heteroatoms. The molecule has 2 aliphatic rings. The van der Waals surface area contributed by atoms with Crippen molar-refractivity contribution in [2.75, 3.05) is 20.6 Å². The molecule has 2 fully saturated rings. The van der Waals surface area contributed by atoms with E-state index in [1.165, 1.54) is 19.3 Å². The fourth-order valence-corrected chi connectivity index (χ4v) is 3.39. The summed E-state index contributed by atoms with van der Waals surface area (Å²) in [5, 5.41) is 3.51. The van der Waals surface area contributed by atoms with Gasteiger partial charge in [0.25, 0.3) is 0 Å². The van der Waals surface area contributed by atoms with Crippen LogP contribution in [0.5, 0.6) is 0 Å². The van der Waals surface area contributed by atoms with E-state index in [2.05, 4.69) is 43.1 Å². The maximum Gasteiger partial charge on any atom is 0.241 e. The van der Waals surface area contributed by atoms with Crippen molar-refractivity contribution in [2.45, 2.75) is 70.1 Å². The highest BCUT2D eigenvalue weighted by molar-refractivity contribution is 5.84. The van der Waals surface area contributed by atoms with E-state index in [1.807, 2.05) is 0 Å². The van der Waals surface area contributed by atoms with Crippen LogP contribution in [0.4, 0.5) is 0 Å². The van der Waals surface area contributed by atoms with Crippen LogP contribution in [-0.4, -0.2) is 54.1 Å². The van der Waals surface area contributed by atoms with Gasteiger partial charge in [-0.3, -0.25) is 10.1 Å². The number of nitrogens with one attached hydrogen (secondary N) is 1. The summed E-state index contributed by atoms with van der Waals surface area (Å²) in [5.41, 5.74) is 0.228. The molecule has 0 aromatic heterocycles. The highest BCUT2D eigenvalue weighted by atomic mass is 16.2. The summed E-state index contributed by atoms with van der Waals surface area (Å²) >= 11 is 0. The summed E-state index contributed by atoms with van der Waals surface area (Å²) < 4.78 is 0. The maximum atomic E-state index is 12.5. The molecule has 0 radical (unpaired) electrons. The molecule has 0 spiro atoms. The number of rotatable bonds is 6. The minimum Gasteiger partial charge on any atom is -0.324 e.